The Morgan fingerprint density at radius 3 is 2.45 bits per heavy atom. The Balaban J connectivity index is 1.92. The van der Waals surface area contributed by atoms with Crippen molar-refractivity contribution in [2.24, 2.45) is 0 Å². The van der Waals surface area contributed by atoms with E-state index in [0.29, 0.717) is 5.69 Å². The van der Waals surface area contributed by atoms with Crippen LogP contribution in [-0.2, 0) is 0 Å². The number of anilines is 2. The fourth-order valence-electron chi connectivity index (χ4n) is 1.34. The summed E-state index contributed by atoms with van der Waals surface area (Å²) in [6, 6.07) is 4.17. The van der Waals surface area contributed by atoms with Crippen molar-refractivity contribution in [2.45, 2.75) is 6.36 Å². The average Bonchev–Trinajstić information content (AvgIpc) is 2.82. The molecule has 9 heteroatoms. The topological polar surface area (TPSA) is 79.0 Å². The second-order valence-electron chi connectivity index (χ2n) is 3.59. The molecule has 1 aromatic heterocycles. The number of urea groups is 1. The van der Waals surface area contributed by atoms with Crippen molar-refractivity contribution in [3.05, 3.63) is 36.7 Å². The van der Waals surface area contributed by atoms with Crippen LogP contribution in [0.5, 0.6) is 5.75 Å². The summed E-state index contributed by atoms with van der Waals surface area (Å²) in [6.45, 7) is 0. The molecule has 0 aliphatic carbocycles. The summed E-state index contributed by atoms with van der Waals surface area (Å²) in [5, 5.41) is 4.82. The van der Waals surface area contributed by atoms with E-state index < -0.39 is 12.4 Å². The Morgan fingerprint density at radius 1 is 1.20 bits per heavy atom. The van der Waals surface area contributed by atoms with Crippen LogP contribution in [0.4, 0.5) is 29.6 Å². The first-order chi connectivity index (χ1) is 9.42. The maximum atomic E-state index is 12.0. The molecular formula is C11H9F3N4O2. The first-order valence-electron chi connectivity index (χ1n) is 5.35. The molecular weight excluding hydrogens is 277 g/mol. The van der Waals surface area contributed by atoms with Gasteiger partial charge in [0.2, 0.25) is 5.95 Å². The lowest BCUT2D eigenvalue weighted by Gasteiger charge is -2.10. The summed E-state index contributed by atoms with van der Waals surface area (Å²) in [6.07, 6.45) is -1.76. The third-order valence-corrected chi connectivity index (χ3v) is 2.08. The molecule has 106 valence electrons. The number of carbonyl (C=O) groups is 1. The van der Waals surface area contributed by atoms with E-state index in [1.165, 1.54) is 24.5 Å². The highest BCUT2D eigenvalue weighted by Gasteiger charge is 2.30. The first kappa shape index (κ1) is 13.7. The Bertz CT molecular complexity index is 566. The van der Waals surface area contributed by atoms with Crippen LogP contribution in [0.15, 0.2) is 36.7 Å². The molecule has 0 aliphatic rings. The molecule has 3 N–H and O–H groups in total. The minimum Gasteiger partial charge on any atom is -0.406 e. The van der Waals surface area contributed by atoms with Gasteiger partial charge in [0.25, 0.3) is 0 Å². The van der Waals surface area contributed by atoms with Gasteiger partial charge in [-0.05, 0) is 24.3 Å². The summed E-state index contributed by atoms with van der Waals surface area (Å²) in [5.74, 6) is -0.117. The van der Waals surface area contributed by atoms with Gasteiger partial charge < -0.3 is 15.0 Å². The summed E-state index contributed by atoms with van der Waals surface area (Å²) < 4.78 is 39.6. The van der Waals surface area contributed by atoms with Crippen LogP contribution in [0.3, 0.4) is 0 Å². The third kappa shape index (κ3) is 4.19. The van der Waals surface area contributed by atoms with Gasteiger partial charge in [-0.2, -0.15) is 0 Å². The number of ether oxygens (including phenoxy) is 1. The average molecular weight is 286 g/mol. The predicted molar refractivity (Wildman–Crippen MR) is 64.4 cm³/mol. The first-order valence-corrected chi connectivity index (χ1v) is 5.35. The number of amides is 2. The fourth-order valence-corrected chi connectivity index (χ4v) is 1.34. The maximum absolute atomic E-state index is 12.0. The number of alkyl halides is 3. The van der Waals surface area contributed by atoms with Crippen LogP contribution in [0.2, 0.25) is 0 Å². The number of benzene rings is 1. The van der Waals surface area contributed by atoms with Gasteiger partial charge in [-0.3, -0.25) is 5.32 Å². The van der Waals surface area contributed by atoms with Crippen molar-refractivity contribution in [1.82, 2.24) is 9.97 Å². The third-order valence-electron chi connectivity index (χ3n) is 2.08. The Morgan fingerprint density at radius 2 is 1.90 bits per heavy atom. The standard InChI is InChI=1S/C11H9F3N4O2/c12-11(13,14)20-8-3-1-7(2-4-8)17-10(19)18-9-15-5-6-16-9/h1-6H,(H3,15,16,17,18,19). The van der Waals surface area contributed by atoms with E-state index in [4.69, 9.17) is 0 Å². The highest BCUT2D eigenvalue weighted by molar-refractivity contribution is 5.98. The lowest BCUT2D eigenvalue weighted by molar-refractivity contribution is -0.274. The lowest BCUT2D eigenvalue weighted by atomic mass is 10.3. The van der Waals surface area contributed by atoms with E-state index in [0.717, 1.165) is 12.1 Å². The van der Waals surface area contributed by atoms with Gasteiger partial charge in [0, 0.05) is 18.1 Å². The predicted octanol–water partition coefficient (Wildman–Crippen LogP) is 2.95. The molecule has 1 aromatic carbocycles. The minimum atomic E-state index is -4.74. The molecule has 1 heterocycles. The van der Waals surface area contributed by atoms with Gasteiger partial charge in [-0.1, -0.05) is 0 Å². The molecule has 2 rings (SSSR count). The Hall–Kier alpha value is -2.71. The summed E-state index contributed by atoms with van der Waals surface area (Å²) in [4.78, 5) is 17.9. The number of aromatic nitrogens is 2. The summed E-state index contributed by atoms with van der Waals surface area (Å²) in [7, 11) is 0. The minimum absolute atomic E-state index is 0.250. The molecule has 2 aromatic rings. The van der Waals surface area contributed by atoms with E-state index in [1.807, 2.05) is 0 Å². The number of imidazole rings is 1. The molecule has 0 fully saturated rings. The number of halogens is 3. The van der Waals surface area contributed by atoms with Crippen molar-refractivity contribution in [1.29, 1.82) is 0 Å². The number of carbonyl (C=O) groups excluding carboxylic acids is 1. The molecule has 20 heavy (non-hydrogen) atoms. The second kappa shape index (κ2) is 5.51. The quantitative estimate of drug-likeness (QED) is 0.811. The van der Waals surface area contributed by atoms with E-state index in [9.17, 15) is 18.0 Å². The van der Waals surface area contributed by atoms with Crippen LogP contribution < -0.4 is 15.4 Å². The van der Waals surface area contributed by atoms with Gasteiger partial charge in [0.1, 0.15) is 5.75 Å². The highest BCUT2D eigenvalue weighted by Crippen LogP contribution is 2.23. The van der Waals surface area contributed by atoms with Crippen molar-refractivity contribution >= 4 is 17.7 Å². The zero-order valence-electron chi connectivity index (χ0n) is 9.86. The number of hydrogen-bond donors (Lipinski definition) is 3. The number of nitrogens with zero attached hydrogens (tertiary/aromatic N) is 1. The number of hydrogen-bond acceptors (Lipinski definition) is 3. The van der Waals surface area contributed by atoms with E-state index >= 15 is 0 Å². The lowest BCUT2D eigenvalue weighted by Crippen LogP contribution is -2.20. The molecule has 0 saturated heterocycles. The second-order valence-corrected chi connectivity index (χ2v) is 3.59. The van der Waals surface area contributed by atoms with Crippen molar-refractivity contribution in [2.75, 3.05) is 10.6 Å². The Kier molecular flexibility index (Phi) is 3.78. The van der Waals surface area contributed by atoms with Crippen LogP contribution >= 0.6 is 0 Å². The molecule has 0 unspecified atom stereocenters. The van der Waals surface area contributed by atoms with E-state index in [2.05, 4.69) is 25.3 Å². The monoisotopic (exact) mass is 286 g/mol. The highest BCUT2D eigenvalue weighted by atomic mass is 19.4. The van der Waals surface area contributed by atoms with Crippen LogP contribution in [0.25, 0.3) is 0 Å². The van der Waals surface area contributed by atoms with Gasteiger partial charge in [0.05, 0.1) is 0 Å². The normalized spacial score (nSPS) is 10.9. The summed E-state index contributed by atoms with van der Waals surface area (Å²) >= 11 is 0. The molecule has 0 atom stereocenters. The summed E-state index contributed by atoms with van der Waals surface area (Å²) in [5.41, 5.74) is 0.309. The van der Waals surface area contributed by atoms with E-state index in [-0.39, 0.29) is 11.7 Å². The number of rotatable bonds is 3. The zero-order chi connectivity index (χ0) is 14.6. The maximum Gasteiger partial charge on any atom is 0.573 e. The van der Waals surface area contributed by atoms with Gasteiger partial charge in [-0.25, -0.2) is 9.78 Å². The number of H-pyrrole nitrogens is 1. The molecule has 6 nitrogen and oxygen atoms in total. The van der Waals surface area contributed by atoms with Crippen molar-refractivity contribution < 1.29 is 22.7 Å². The molecule has 0 aliphatic heterocycles. The zero-order valence-corrected chi connectivity index (χ0v) is 9.86. The smallest absolute Gasteiger partial charge is 0.406 e. The molecule has 0 saturated carbocycles. The number of aromatic amines is 1. The van der Waals surface area contributed by atoms with Crippen LogP contribution in [0.1, 0.15) is 0 Å². The van der Waals surface area contributed by atoms with Crippen LogP contribution in [0, 0.1) is 0 Å². The van der Waals surface area contributed by atoms with Gasteiger partial charge >= 0.3 is 12.4 Å². The molecule has 0 radical (unpaired) electrons. The molecule has 0 spiro atoms. The molecule has 0 bridgehead atoms. The SMILES string of the molecule is O=C(Nc1ccc(OC(F)(F)F)cc1)Nc1ncc[nH]1. The van der Waals surface area contributed by atoms with Crippen molar-refractivity contribution in [3.8, 4) is 5.75 Å². The molecule has 2 amide bonds. The fraction of sp³-hybridized carbons (Fsp3) is 0.0909. The van der Waals surface area contributed by atoms with Crippen molar-refractivity contribution in [3.63, 3.8) is 0 Å². The number of nitrogens with one attached hydrogen (secondary N) is 3. The largest absolute Gasteiger partial charge is 0.573 e. The van der Waals surface area contributed by atoms with E-state index in [1.54, 1.807) is 0 Å². The van der Waals surface area contributed by atoms with Gasteiger partial charge in [0.15, 0.2) is 0 Å². The Labute approximate surface area is 111 Å². The van der Waals surface area contributed by atoms with Crippen LogP contribution in [-0.4, -0.2) is 22.4 Å². The van der Waals surface area contributed by atoms with Gasteiger partial charge in [-0.15, -0.1) is 13.2 Å².